The Balaban J connectivity index is 1.87. The molecule has 0 bridgehead atoms. The number of hydrogen-bond acceptors (Lipinski definition) is 2. The summed E-state index contributed by atoms with van der Waals surface area (Å²) in [6, 6.07) is 6.36. The molecule has 3 heteroatoms. The number of rotatable bonds is 5. The van der Waals surface area contributed by atoms with Crippen LogP contribution in [0.5, 0.6) is 0 Å². The Morgan fingerprint density at radius 1 is 1.32 bits per heavy atom. The first kappa shape index (κ1) is 13.9. The molecule has 0 aromatic heterocycles. The number of benzene rings is 1. The van der Waals surface area contributed by atoms with Gasteiger partial charge in [-0.3, -0.25) is 4.79 Å². The fraction of sp³-hybridized carbons (Fsp3) is 0.562. The number of aryl methyl sites for hydroxylation is 2. The highest BCUT2D eigenvalue weighted by Gasteiger charge is 2.17. The minimum absolute atomic E-state index is 0.289. The van der Waals surface area contributed by atoms with E-state index in [4.69, 9.17) is 0 Å². The largest absolute Gasteiger partial charge is 0.384 e. The zero-order chi connectivity index (χ0) is 13.7. The predicted octanol–water partition coefficient (Wildman–Crippen LogP) is 2.98. The van der Waals surface area contributed by atoms with Gasteiger partial charge < -0.3 is 10.2 Å². The maximum Gasteiger partial charge on any atom is 0.224 e. The Morgan fingerprint density at radius 3 is 2.74 bits per heavy atom. The van der Waals surface area contributed by atoms with E-state index in [1.54, 1.807) is 0 Å². The monoisotopic (exact) mass is 260 g/mol. The van der Waals surface area contributed by atoms with Gasteiger partial charge in [-0.1, -0.05) is 25.1 Å². The number of hydrogen-bond donors (Lipinski definition) is 1. The van der Waals surface area contributed by atoms with Crippen LogP contribution in [-0.4, -0.2) is 30.4 Å². The summed E-state index contributed by atoms with van der Waals surface area (Å²) in [5, 5.41) is 3.44. The van der Waals surface area contributed by atoms with Gasteiger partial charge in [0.1, 0.15) is 0 Å². The zero-order valence-corrected chi connectivity index (χ0v) is 12.0. The maximum absolute atomic E-state index is 12.0. The van der Waals surface area contributed by atoms with Gasteiger partial charge in [0.25, 0.3) is 0 Å². The van der Waals surface area contributed by atoms with Crippen LogP contribution in [-0.2, 0) is 11.2 Å². The van der Waals surface area contributed by atoms with Crippen LogP contribution in [0.3, 0.4) is 0 Å². The standard InChI is InChI=1S/C16H24N2O/c1-3-14-8-6-7-13(2)16(14)17-10-9-15(19)18-11-4-5-12-18/h6-8,17H,3-5,9-12H2,1-2H3. The quantitative estimate of drug-likeness (QED) is 0.882. The Morgan fingerprint density at radius 2 is 2.05 bits per heavy atom. The second-order valence-electron chi connectivity index (χ2n) is 5.23. The normalized spacial score (nSPS) is 14.7. The van der Waals surface area contributed by atoms with Gasteiger partial charge in [0.05, 0.1) is 0 Å². The lowest BCUT2D eigenvalue weighted by molar-refractivity contribution is -0.129. The van der Waals surface area contributed by atoms with E-state index in [2.05, 4.69) is 37.4 Å². The molecule has 2 rings (SSSR count). The van der Waals surface area contributed by atoms with Crippen molar-refractivity contribution in [2.24, 2.45) is 0 Å². The molecule has 104 valence electrons. The van der Waals surface area contributed by atoms with Crippen LogP contribution in [0.4, 0.5) is 5.69 Å². The number of para-hydroxylation sites is 1. The highest BCUT2D eigenvalue weighted by atomic mass is 16.2. The third-order valence-electron chi connectivity index (χ3n) is 3.84. The highest BCUT2D eigenvalue weighted by Crippen LogP contribution is 2.21. The van der Waals surface area contributed by atoms with Crippen LogP contribution in [0.2, 0.25) is 0 Å². The predicted molar refractivity (Wildman–Crippen MR) is 79.5 cm³/mol. The lowest BCUT2D eigenvalue weighted by atomic mass is 10.1. The third-order valence-corrected chi connectivity index (χ3v) is 3.84. The number of likely N-dealkylation sites (tertiary alicyclic amines) is 1. The summed E-state index contributed by atoms with van der Waals surface area (Å²) in [6.07, 6.45) is 3.94. The van der Waals surface area contributed by atoms with E-state index in [9.17, 15) is 4.79 Å². The Bertz CT molecular complexity index is 436. The van der Waals surface area contributed by atoms with Crippen molar-refractivity contribution >= 4 is 11.6 Å². The zero-order valence-electron chi connectivity index (χ0n) is 12.0. The van der Waals surface area contributed by atoms with Gasteiger partial charge in [-0.05, 0) is 37.3 Å². The van der Waals surface area contributed by atoms with Crippen molar-refractivity contribution in [2.75, 3.05) is 25.0 Å². The van der Waals surface area contributed by atoms with Crippen LogP contribution in [0.15, 0.2) is 18.2 Å². The molecular formula is C16H24N2O. The van der Waals surface area contributed by atoms with Crippen LogP contribution < -0.4 is 5.32 Å². The third kappa shape index (κ3) is 3.49. The molecule has 1 aromatic carbocycles. The first-order chi connectivity index (χ1) is 9.22. The van der Waals surface area contributed by atoms with Crippen molar-refractivity contribution in [3.63, 3.8) is 0 Å². The molecule has 1 aliphatic heterocycles. The Hall–Kier alpha value is -1.51. The lowest BCUT2D eigenvalue weighted by Gasteiger charge is -2.17. The molecule has 0 radical (unpaired) electrons. The summed E-state index contributed by atoms with van der Waals surface area (Å²) < 4.78 is 0. The van der Waals surface area contributed by atoms with Gasteiger partial charge in [0.2, 0.25) is 5.91 Å². The first-order valence-corrected chi connectivity index (χ1v) is 7.32. The summed E-state index contributed by atoms with van der Waals surface area (Å²) in [7, 11) is 0. The Kier molecular flexibility index (Phi) is 4.83. The average Bonchev–Trinajstić information content (AvgIpc) is 2.94. The highest BCUT2D eigenvalue weighted by molar-refractivity contribution is 5.77. The lowest BCUT2D eigenvalue weighted by Crippen LogP contribution is -2.29. The van der Waals surface area contributed by atoms with Crippen molar-refractivity contribution in [3.8, 4) is 0 Å². The van der Waals surface area contributed by atoms with Crippen LogP contribution in [0.25, 0.3) is 0 Å². The van der Waals surface area contributed by atoms with Crippen molar-refractivity contribution in [3.05, 3.63) is 29.3 Å². The van der Waals surface area contributed by atoms with Crippen LogP contribution in [0.1, 0.15) is 37.3 Å². The van der Waals surface area contributed by atoms with E-state index in [0.29, 0.717) is 6.42 Å². The van der Waals surface area contributed by atoms with Crippen molar-refractivity contribution in [1.29, 1.82) is 0 Å². The smallest absolute Gasteiger partial charge is 0.224 e. The molecule has 1 aromatic rings. The molecule has 3 nitrogen and oxygen atoms in total. The van der Waals surface area contributed by atoms with E-state index in [1.807, 2.05) is 4.90 Å². The fourth-order valence-electron chi connectivity index (χ4n) is 2.70. The van der Waals surface area contributed by atoms with E-state index in [1.165, 1.54) is 16.8 Å². The van der Waals surface area contributed by atoms with Crippen molar-refractivity contribution in [1.82, 2.24) is 4.90 Å². The molecule has 0 unspecified atom stereocenters. The minimum Gasteiger partial charge on any atom is -0.384 e. The number of amides is 1. The summed E-state index contributed by atoms with van der Waals surface area (Å²) in [5.74, 6) is 0.289. The van der Waals surface area contributed by atoms with Crippen molar-refractivity contribution in [2.45, 2.75) is 39.5 Å². The number of nitrogens with one attached hydrogen (secondary N) is 1. The van der Waals surface area contributed by atoms with Crippen molar-refractivity contribution < 1.29 is 4.79 Å². The SMILES string of the molecule is CCc1cccc(C)c1NCCC(=O)N1CCCC1. The van der Waals surface area contributed by atoms with Gasteiger partial charge in [-0.25, -0.2) is 0 Å². The van der Waals surface area contributed by atoms with Gasteiger partial charge in [-0.15, -0.1) is 0 Å². The first-order valence-electron chi connectivity index (χ1n) is 7.32. The number of carbonyl (C=O) groups excluding carboxylic acids is 1. The van der Waals surface area contributed by atoms with E-state index < -0.39 is 0 Å². The minimum atomic E-state index is 0.289. The second-order valence-corrected chi connectivity index (χ2v) is 5.23. The fourth-order valence-corrected chi connectivity index (χ4v) is 2.70. The Labute approximate surface area is 116 Å². The molecule has 0 atom stereocenters. The summed E-state index contributed by atoms with van der Waals surface area (Å²) in [6.45, 7) is 6.90. The summed E-state index contributed by atoms with van der Waals surface area (Å²) >= 11 is 0. The van der Waals surface area contributed by atoms with Gasteiger partial charge >= 0.3 is 0 Å². The molecule has 19 heavy (non-hydrogen) atoms. The second kappa shape index (κ2) is 6.60. The van der Waals surface area contributed by atoms with E-state index in [-0.39, 0.29) is 5.91 Å². The summed E-state index contributed by atoms with van der Waals surface area (Å²) in [4.78, 5) is 13.9. The molecule has 0 aliphatic carbocycles. The molecule has 1 amide bonds. The number of anilines is 1. The number of carbonyl (C=O) groups is 1. The number of nitrogens with zero attached hydrogens (tertiary/aromatic N) is 1. The molecule has 0 spiro atoms. The molecule has 1 fully saturated rings. The molecule has 1 heterocycles. The summed E-state index contributed by atoms with van der Waals surface area (Å²) in [5.41, 5.74) is 3.79. The molecule has 1 aliphatic rings. The van der Waals surface area contributed by atoms with Gasteiger partial charge in [-0.2, -0.15) is 0 Å². The van der Waals surface area contributed by atoms with Crippen LogP contribution in [0, 0.1) is 6.92 Å². The van der Waals surface area contributed by atoms with Gasteiger partial charge in [0, 0.05) is 31.7 Å². The van der Waals surface area contributed by atoms with Gasteiger partial charge in [0.15, 0.2) is 0 Å². The van der Waals surface area contributed by atoms with Crippen LogP contribution >= 0.6 is 0 Å². The average molecular weight is 260 g/mol. The topological polar surface area (TPSA) is 32.3 Å². The molecular weight excluding hydrogens is 236 g/mol. The molecule has 1 saturated heterocycles. The maximum atomic E-state index is 12.0. The van der Waals surface area contributed by atoms with E-state index >= 15 is 0 Å². The molecule has 1 N–H and O–H groups in total. The molecule has 0 saturated carbocycles. The van der Waals surface area contributed by atoms with E-state index in [0.717, 1.165) is 38.9 Å².